The second-order valence-corrected chi connectivity index (χ2v) is 6.38. The van der Waals surface area contributed by atoms with Crippen LogP contribution in [0.15, 0.2) is 47.8 Å². The van der Waals surface area contributed by atoms with Gasteiger partial charge in [0.25, 0.3) is 5.91 Å². The summed E-state index contributed by atoms with van der Waals surface area (Å²) in [6.45, 7) is 1.95. The van der Waals surface area contributed by atoms with Crippen LogP contribution in [0.25, 0.3) is 11.3 Å². The molecule has 1 aromatic heterocycles. The predicted octanol–water partition coefficient (Wildman–Crippen LogP) is 5.16. The van der Waals surface area contributed by atoms with Crippen LogP contribution < -0.4 is 5.32 Å². The first kappa shape index (κ1) is 15.6. The van der Waals surface area contributed by atoms with E-state index in [1.807, 2.05) is 24.4 Å². The van der Waals surface area contributed by atoms with Gasteiger partial charge in [-0.3, -0.25) is 4.79 Å². The SMILES string of the molecule is Cc1nc(-c2ccc(C(=O)Nc3ccc(F)c(Cl)c3)cc2)cs1. The lowest BCUT2D eigenvalue weighted by molar-refractivity contribution is 0.102. The summed E-state index contributed by atoms with van der Waals surface area (Å²) < 4.78 is 13.1. The fourth-order valence-corrected chi connectivity index (χ4v) is 2.87. The lowest BCUT2D eigenvalue weighted by atomic mass is 10.1. The van der Waals surface area contributed by atoms with Crippen molar-refractivity contribution in [3.05, 3.63) is 69.3 Å². The molecular weight excluding hydrogens is 335 g/mol. The lowest BCUT2D eigenvalue weighted by Gasteiger charge is -2.06. The van der Waals surface area contributed by atoms with Gasteiger partial charge < -0.3 is 5.32 Å². The molecule has 3 aromatic rings. The summed E-state index contributed by atoms with van der Waals surface area (Å²) in [5.74, 6) is -0.804. The van der Waals surface area contributed by atoms with Gasteiger partial charge in [-0.15, -0.1) is 11.3 Å². The fraction of sp³-hybridized carbons (Fsp3) is 0.0588. The summed E-state index contributed by atoms with van der Waals surface area (Å²) >= 11 is 7.28. The average Bonchev–Trinajstić information content (AvgIpc) is 2.97. The van der Waals surface area contributed by atoms with E-state index in [0.29, 0.717) is 11.3 Å². The van der Waals surface area contributed by atoms with E-state index in [1.165, 1.54) is 18.2 Å². The van der Waals surface area contributed by atoms with E-state index in [-0.39, 0.29) is 10.9 Å². The maximum atomic E-state index is 13.1. The highest BCUT2D eigenvalue weighted by atomic mass is 35.5. The first-order valence-electron chi connectivity index (χ1n) is 6.82. The zero-order chi connectivity index (χ0) is 16.4. The average molecular weight is 347 g/mol. The Morgan fingerprint density at radius 3 is 2.57 bits per heavy atom. The van der Waals surface area contributed by atoms with E-state index in [2.05, 4.69) is 10.3 Å². The number of carbonyl (C=O) groups is 1. The summed E-state index contributed by atoms with van der Waals surface area (Å²) in [6, 6.07) is 11.2. The molecule has 0 atom stereocenters. The molecule has 1 amide bonds. The van der Waals surface area contributed by atoms with Gasteiger partial charge in [0.2, 0.25) is 0 Å². The zero-order valence-corrected chi connectivity index (χ0v) is 13.7. The molecule has 1 N–H and O–H groups in total. The predicted molar refractivity (Wildman–Crippen MR) is 91.7 cm³/mol. The molecule has 0 spiro atoms. The molecule has 1 heterocycles. The third-order valence-electron chi connectivity index (χ3n) is 3.24. The van der Waals surface area contributed by atoms with Crippen LogP contribution in [0.2, 0.25) is 5.02 Å². The van der Waals surface area contributed by atoms with Crippen molar-refractivity contribution in [3.63, 3.8) is 0 Å². The summed E-state index contributed by atoms with van der Waals surface area (Å²) in [5.41, 5.74) is 2.79. The second-order valence-electron chi connectivity index (χ2n) is 4.91. The highest BCUT2D eigenvalue weighted by Crippen LogP contribution is 2.23. The molecule has 0 saturated heterocycles. The van der Waals surface area contributed by atoms with Gasteiger partial charge in [0.1, 0.15) is 5.82 Å². The van der Waals surface area contributed by atoms with Crippen molar-refractivity contribution in [2.24, 2.45) is 0 Å². The summed E-state index contributed by atoms with van der Waals surface area (Å²) in [7, 11) is 0. The monoisotopic (exact) mass is 346 g/mol. The lowest BCUT2D eigenvalue weighted by Crippen LogP contribution is -2.11. The fourth-order valence-electron chi connectivity index (χ4n) is 2.07. The van der Waals surface area contributed by atoms with Gasteiger partial charge in [0.15, 0.2) is 0 Å². The van der Waals surface area contributed by atoms with Gasteiger partial charge in [0, 0.05) is 22.2 Å². The maximum Gasteiger partial charge on any atom is 0.255 e. The van der Waals surface area contributed by atoms with Gasteiger partial charge in [-0.2, -0.15) is 0 Å². The zero-order valence-electron chi connectivity index (χ0n) is 12.1. The number of hydrogen-bond acceptors (Lipinski definition) is 3. The number of benzene rings is 2. The Hall–Kier alpha value is -2.24. The molecule has 116 valence electrons. The third kappa shape index (κ3) is 3.57. The number of anilines is 1. The van der Waals surface area contributed by atoms with E-state index in [4.69, 9.17) is 11.6 Å². The molecule has 2 aromatic carbocycles. The molecule has 3 rings (SSSR count). The Balaban J connectivity index is 1.76. The summed E-state index contributed by atoms with van der Waals surface area (Å²) in [5, 5.41) is 5.63. The van der Waals surface area contributed by atoms with E-state index >= 15 is 0 Å². The Kier molecular flexibility index (Phi) is 4.41. The third-order valence-corrected chi connectivity index (χ3v) is 4.30. The number of aromatic nitrogens is 1. The largest absolute Gasteiger partial charge is 0.322 e. The molecule has 6 heteroatoms. The minimum atomic E-state index is -0.521. The van der Waals surface area contributed by atoms with E-state index in [1.54, 1.807) is 23.5 Å². The molecular formula is C17H12ClFN2OS. The summed E-state index contributed by atoms with van der Waals surface area (Å²) in [6.07, 6.45) is 0. The number of aryl methyl sites for hydroxylation is 1. The molecule has 0 aliphatic carbocycles. The molecule has 0 fully saturated rings. The van der Waals surface area contributed by atoms with Crippen LogP contribution >= 0.6 is 22.9 Å². The number of carbonyl (C=O) groups excluding carboxylic acids is 1. The Bertz CT molecular complexity index is 861. The van der Waals surface area contributed by atoms with Crippen LogP contribution in [-0.4, -0.2) is 10.9 Å². The van der Waals surface area contributed by atoms with Crippen molar-refractivity contribution in [3.8, 4) is 11.3 Å². The van der Waals surface area contributed by atoms with Crippen LogP contribution in [0.3, 0.4) is 0 Å². The van der Waals surface area contributed by atoms with Gasteiger partial charge in [-0.25, -0.2) is 9.37 Å². The number of hydrogen-bond donors (Lipinski definition) is 1. The van der Waals surface area contributed by atoms with Crippen molar-refractivity contribution in [1.29, 1.82) is 0 Å². The number of rotatable bonds is 3. The highest BCUT2D eigenvalue weighted by molar-refractivity contribution is 7.09. The van der Waals surface area contributed by atoms with E-state index in [9.17, 15) is 9.18 Å². The van der Waals surface area contributed by atoms with Crippen molar-refractivity contribution in [1.82, 2.24) is 4.98 Å². The number of nitrogens with zero attached hydrogens (tertiary/aromatic N) is 1. The molecule has 0 bridgehead atoms. The van der Waals surface area contributed by atoms with Gasteiger partial charge in [-0.05, 0) is 37.3 Å². The topological polar surface area (TPSA) is 42.0 Å². The van der Waals surface area contributed by atoms with Crippen LogP contribution in [0.1, 0.15) is 15.4 Å². The van der Waals surface area contributed by atoms with Crippen molar-refractivity contribution < 1.29 is 9.18 Å². The Morgan fingerprint density at radius 2 is 1.96 bits per heavy atom. The minimum Gasteiger partial charge on any atom is -0.322 e. The standard InChI is InChI=1S/C17H12ClFN2OS/c1-10-20-16(9-23-10)11-2-4-12(5-3-11)17(22)21-13-6-7-15(19)14(18)8-13/h2-9H,1H3,(H,21,22). The first-order chi connectivity index (χ1) is 11.0. The molecule has 0 unspecified atom stereocenters. The molecule has 0 saturated carbocycles. The molecule has 0 aliphatic heterocycles. The van der Waals surface area contributed by atoms with Crippen LogP contribution in [0.4, 0.5) is 10.1 Å². The minimum absolute atomic E-state index is 0.0305. The maximum absolute atomic E-state index is 13.1. The second kappa shape index (κ2) is 6.48. The molecule has 0 aliphatic rings. The van der Waals surface area contributed by atoms with Crippen LogP contribution in [0, 0.1) is 12.7 Å². The number of halogens is 2. The van der Waals surface area contributed by atoms with E-state index < -0.39 is 5.82 Å². The smallest absolute Gasteiger partial charge is 0.255 e. The van der Waals surface area contributed by atoms with Gasteiger partial charge >= 0.3 is 0 Å². The van der Waals surface area contributed by atoms with Gasteiger partial charge in [-0.1, -0.05) is 23.7 Å². The summed E-state index contributed by atoms with van der Waals surface area (Å²) in [4.78, 5) is 16.6. The van der Waals surface area contributed by atoms with E-state index in [0.717, 1.165) is 16.3 Å². The van der Waals surface area contributed by atoms with Gasteiger partial charge in [0.05, 0.1) is 15.7 Å². The number of amides is 1. The Labute approximate surface area is 141 Å². The van der Waals surface area contributed by atoms with Crippen molar-refractivity contribution in [2.75, 3.05) is 5.32 Å². The van der Waals surface area contributed by atoms with Crippen molar-refractivity contribution >= 4 is 34.5 Å². The van der Waals surface area contributed by atoms with Crippen LogP contribution in [-0.2, 0) is 0 Å². The van der Waals surface area contributed by atoms with Crippen molar-refractivity contribution in [2.45, 2.75) is 6.92 Å². The highest BCUT2D eigenvalue weighted by Gasteiger charge is 2.09. The first-order valence-corrected chi connectivity index (χ1v) is 8.07. The Morgan fingerprint density at radius 1 is 1.22 bits per heavy atom. The quantitative estimate of drug-likeness (QED) is 0.711. The number of nitrogens with one attached hydrogen (secondary N) is 1. The normalized spacial score (nSPS) is 10.6. The molecule has 3 nitrogen and oxygen atoms in total. The molecule has 0 radical (unpaired) electrons. The van der Waals surface area contributed by atoms with Crippen LogP contribution in [0.5, 0.6) is 0 Å². The molecule has 23 heavy (non-hydrogen) atoms. The number of thiazole rings is 1.